The zero-order chi connectivity index (χ0) is 8.36. The zero-order valence-corrected chi connectivity index (χ0v) is 5.58. The monoisotopic (exact) mass is 177 g/mol. The third-order valence-electron chi connectivity index (χ3n) is 0.781. The molecule has 0 aliphatic carbocycles. The number of nitrogens with two attached hydrogens (primary N) is 1. The number of alkyl halides is 3. The standard InChI is InChI=1S/C3H6F3NO2S/c4-2(10(8)9)3(5,6)1-7/h2H,1,7H2,(H,8,9). The number of hydrogen-bond donors (Lipinski definition) is 2. The first-order chi connectivity index (χ1) is 4.41. The topological polar surface area (TPSA) is 63.3 Å². The maximum absolute atomic E-state index is 11.9. The third-order valence-corrected chi connectivity index (χ3v) is 1.48. The lowest BCUT2D eigenvalue weighted by Gasteiger charge is -2.14. The van der Waals surface area contributed by atoms with Crippen LogP contribution >= 0.6 is 0 Å². The third kappa shape index (κ3) is 2.24. The van der Waals surface area contributed by atoms with Crippen molar-refractivity contribution in [1.29, 1.82) is 0 Å². The largest absolute Gasteiger partial charge is 0.325 e. The van der Waals surface area contributed by atoms with Crippen LogP contribution in [0.5, 0.6) is 0 Å². The molecule has 62 valence electrons. The fourth-order valence-electron chi connectivity index (χ4n) is 0.240. The molecule has 0 saturated carbocycles. The second-order valence-corrected chi connectivity index (χ2v) is 2.52. The minimum absolute atomic E-state index is 1.28. The Morgan fingerprint density at radius 1 is 1.70 bits per heavy atom. The van der Waals surface area contributed by atoms with Gasteiger partial charge in [-0.25, -0.2) is 17.4 Å². The maximum Gasteiger partial charge on any atom is 0.304 e. The van der Waals surface area contributed by atoms with Crippen molar-refractivity contribution in [3.8, 4) is 0 Å². The molecule has 0 aromatic carbocycles. The maximum atomic E-state index is 11.9. The van der Waals surface area contributed by atoms with Gasteiger partial charge in [-0.15, -0.1) is 0 Å². The molecule has 0 amide bonds. The fraction of sp³-hybridized carbons (Fsp3) is 1.00. The second-order valence-electron chi connectivity index (χ2n) is 1.56. The predicted molar refractivity (Wildman–Crippen MR) is 29.7 cm³/mol. The number of rotatable bonds is 3. The molecule has 0 aliphatic heterocycles. The molecule has 0 heterocycles. The van der Waals surface area contributed by atoms with Crippen LogP contribution in [0.1, 0.15) is 0 Å². The van der Waals surface area contributed by atoms with Gasteiger partial charge in [-0.2, -0.15) is 0 Å². The van der Waals surface area contributed by atoms with Crippen LogP contribution < -0.4 is 5.73 Å². The van der Waals surface area contributed by atoms with Gasteiger partial charge in [0.05, 0.1) is 6.54 Å². The summed E-state index contributed by atoms with van der Waals surface area (Å²) >= 11 is -3.18. The summed E-state index contributed by atoms with van der Waals surface area (Å²) in [5.74, 6) is -3.92. The summed E-state index contributed by atoms with van der Waals surface area (Å²) in [5, 5.41) is 0. The SMILES string of the molecule is NCC(F)(F)C(F)S(=O)O. The second kappa shape index (κ2) is 3.31. The highest BCUT2D eigenvalue weighted by molar-refractivity contribution is 7.79. The van der Waals surface area contributed by atoms with E-state index in [0.717, 1.165) is 0 Å². The molecule has 3 N–H and O–H groups in total. The van der Waals surface area contributed by atoms with Crippen molar-refractivity contribution in [2.24, 2.45) is 5.73 Å². The van der Waals surface area contributed by atoms with Gasteiger partial charge in [0.25, 0.3) is 5.50 Å². The number of hydrogen-bond acceptors (Lipinski definition) is 2. The first-order valence-corrected chi connectivity index (χ1v) is 3.40. The molecular weight excluding hydrogens is 171 g/mol. The van der Waals surface area contributed by atoms with E-state index in [0.29, 0.717) is 0 Å². The molecule has 0 spiro atoms. The molecule has 2 atom stereocenters. The molecule has 0 aromatic heterocycles. The van der Waals surface area contributed by atoms with Gasteiger partial charge in [0.15, 0.2) is 11.1 Å². The lowest BCUT2D eigenvalue weighted by atomic mass is 10.4. The van der Waals surface area contributed by atoms with Crippen LogP contribution in [0.2, 0.25) is 0 Å². The molecule has 0 bridgehead atoms. The zero-order valence-electron chi connectivity index (χ0n) is 4.76. The van der Waals surface area contributed by atoms with Crippen molar-refractivity contribution in [3.05, 3.63) is 0 Å². The predicted octanol–water partition coefficient (Wildman–Crippen LogP) is 0.0977. The van der Waals surface area contributed by atoms with Gasteiger partial charge in [0.1, 0.15) is 0 Å². The van der Waals surface area contributed by atoms with E-state index < -0.39 is 29.1 Å². The molecule has 0 saturated heterocycles. The van der Waals surface area contributed by atoms with Gasteiger partial charge >= 0.3 is 5.92 Å². The Morgan fingerprint density at radius 3 is 2.20 bits per heavy atom. The summed E-state index contributed by atoms with van der Waals surface area (Å²) in [6, 6.07) is 0. The molecule has 3 nitrogen and oxygen atoms in total. The number of halogens is 3. The molecule has 7 heteroatoms. The van der Waals surface area contributed by atoms with Crippen LogP contribution in [-0.4, -0.2) is 26.7 Å². The van der Waals surface area contributed by atoms with Crippen LogP contribution in [0.15, 0.2) is 0 Å². The van der Waals surface area contributed by atoms with Crippen LogP contribution in [-0.2, 0) is 11.1 Å². The van der Waals surface area contributed by atoms with Crippen molar-refractivity contribution < 1.29 is 21.9 Å². The van der Waals surface area contributed by atoms with Crippen molar-refractivity contribution >= 4 is 11.1 Å². The summed E-state index contributed by atoms with van der Waals surface area (Å²) in [6.45, 7) is -1.28. The van der Waals surface area contributed by atoms with Crippen LogP contribution in [0.3, 0.4) is 0 Å². The van der Waals surface area contributed by atoms with E-state index >= 15 is 0 Å². The van der Waals surface area contributed by atoms with Crippen LogP contribution in [0.25, 0.3) is 0 Å². The van der Waals surface area contributed by atoms with Crippen molar-refractivity contribution in [2.75, 3.05) is 6.54 Å². The van der Waals surface area contributed by atoms with Crippen LogP contribution in [0, 0.1) is 0 Å². The van der Waals surface area contributed by atoms with Gasteiger partial charge in [-0.05, 0) is 0 Å². The van der Waals surface area contributed by atoms with Gasteiger partial charge in [0, 0.05) is 0 Å². The normalized spacial score (nSPS) is 18.5. The van der Waals surface area contributed by atoms with Gasteiger partial charge in [-0.1, -0.05) is 0 Å². The van der Waals surface area contributed by atoms with Gasteiger partial charge < -0.3 is 10.3 Å². The molecule has 0 aliphatic rings. The van der Waals surface area contributed by atoms with Crippen molar-refractivity contribution in [2.45, 2.75) is 11.4 Å². The fourth-order valence-corrected chi connectivity index (χ4v) is 0.631. The van der Waals surface area contributed by atoms with Crippen molar-refractivity contribution in [1.82, 2.24) is 0 Å². The van der Waals surface area contributed by atoms with Gasteiger partial charge in [-0.3, -0.25) is 0 Å². The highest BCUT2D eigenvalue weighted by Gasteiger charge is 2.42. The summed E-state index contributed by atoms with van der Waals surface area (Å²) < 4.78 is 53.4. The van der Waals surface area contributed by atoms with E-state index in [1.165, 1.54) is 0 Å². The lowest BCUT2D eigenvalue weighted by Crippen LogP contribution is -2.40. The Labute approximate surface area is 57.7 Å². The Kier molecular flexibility index (Phi) is 3.26. The van der Waals surface area contributed by atoms with Crippen molar-refractivity contribution in [3.63, 3.8) is 0 Å². The molecule has 0 aromatic rings. The van der Waals surface area contributed by atoms with E-state index in [1.807, 2.05) is 0 Å². The molecule has 0 radical (unpaired) electrons. The highest BCUT2D eigenvalue weighted by atomic mass is 32.2. The van der Waals surface area contributed by atoms with E-state index in [1.54, 1.807) is 0 Å². The Bertz CT molecular complexity index is 142. The lowest BCUT2D eigenvalue weighted by molar-refractivity contribution is -0.0315. The molecule has 0 rings (SSSR count). The smallest absolute Gasteiger partial charge is 0.304 e. The molecular formula is C3H6F3NO2S. The Hall–Kier alpha value is -0.140. The molecule has 2 unspecified atom stereocenters. The minimum atomic E-state index is -3.92. The minimum Gasteiger partial charge on any atom is -0.325 e. The van der Waals surface area contributed by atoms with E-state index in [-0.39, 0.29) is 0 Å². The summed E-state index contributed by atoms with van der Waals surface area (Å²) in [6.07, 6.45) is 0. The summed E-state index contributed by atoms with van der Waals surface area (Å²) in [5.41, 5.74) is 1.31. The van der Waals surface area contributed by atoms with Gasteiger partial charge in [0.2, 0.25) is 0 Å². The quantitative estimate of drug-likeness (QED) is 0.601. The first-order valence-electron chi connectivity index (χ1n) is 2.23. The average molecular weight is 177 g/mol. The Balaban J connectivity index is 4.17. The average Bonchev–Trinajstić information content (AvgIpc) is 1.86. The first kappa shape index (κ1) is 9.86. The van der Waals surface area contributed by atoms with E-state index in [2.05, 4.69) is 5.73 Å². The van der Waals surface area contributed by atoms with E-state index in [4.69, 9.17) is 4.55 Å². The summed E-state index contributed by atoms with van der Waals surface area (Å²) in [7, 11) is 0. The van der Waals surface area contributed by atoms with E-state index in [9.17, 15) is 17.4 Å². The molecule has 0 fully saturated rings. The molecule has 10 heavy (non-hydrogen) atoms. The van der Waals surface area contributed by atoms with Crippen LogP contribution in [0.4, 0.5) is 13.2 Å². The summed E-state index contributed by atoms with van der Waals surface area (Å²) in [4.78, 5) is 0. The highest BCUT2D eigenvalue weighted by Crippen LogP contribution is 2.21. The Morgan fingerprint density at radius 2 is 2.10 bits per heavy atom.